The maximum Gasteiger partial charge on any atom is 0.252 e. The summed E-state index contributed by atoms with van der Waals surface area (Å²) in [5.41, 5.74) is 10.1. The van der Waals surface area contributed by atoms with E-state index in [1.807, 2.05) is 6.07 Å². The molecular weight excluding hydrogens is 541 g/mol. The lowest BCUT2D eigenvalue weighted by Crippen LogP contribution is -2.52. The number of azide groups is 1. The smallest absolute Gasteiger partial charge is 0.252 e. The van der Waals surface area contributed by atoms with E-state index in [-0.39, 0.29) is 25.5 Å². The van der Waals surface area contributed by atoms with E-state index in [1.165, 1.54) is 0 Å². The van der Waals surface area contributed by atoms with E-state index in [4.69, 9.17) is 48.3 Å². The molecule has 0 radical (unpaired) electrons. The lowest BCUT2D eigenvalue weighted by atomic mass is 9.85. The van der Waals surface area contributed by atoms with Gasteiger partial charge in [0.25, 0.3) is 5.91 Å². The van der Waals surface area contributed by atoms with Crippen LogP contribution < -0.4 is 10.1 Å². The minimum Gasteiger partial charge on any atom is -0.494 e. The summed E-state index contributed by atoms with van der Waals surface area (Å²) in [5.74, 6) is 0.590. The maximum atomic E-state index is 13.9. The molecule has 0 saturated carbocycles. The van der Waals surface area contributed by atoms with Gasteiger partial charge >= 0.3 is 0 Å². The first kappa shape index (κ1) is 28.3. The molecule has 0 spiro atoms. The van der Waals surface area contributed by atoms with Gasteiger partial charge in [-0.15, -0.1) is 0 Å². The summed E-state index contributed by atoms with van der Waals surface area (Å²) in [5, 5.41) is 16.6. The van der Waals surface area contributed by atoms with Gasteiger partial charge in [-0.1, -0.05) is 58.6 Å². The van der Waals surface area contributed by atoms with Gasteiger partial charge in [0.2, 0.25) is 5.90 Å². The van der Waals surface area contributed by atoms with E-state index >= 15 is 0 Å². The minimum atomic E-state index is -1.36. The van der Waals surface area contributed by atoms with Crippen LogP contribution in [0.15, 0.2) is 76.8 Å². The molecule has 1 amide bonds. The van der Waals surface area contributed by atoms with Crippen LogP contribution in [0.25, 0.3) is 10.4 Å². The van der Waals surface area contributed by atoms with Crippen molar-refractivity contribution in [2.45, 2.75) is 38.0 Å². The summed E-state index contributed by atoms with van der Waals surface area (Å²) >= 11 is 12.3. The predicted octanol–water partition coefficient (Wildman–Crippen LogP) is 6.16. The first-order valence-corrected chi connectivity index (χ1v) is 13.1. The second-order valence-electron chi connectivity index (χ2n) is 8.96. The molecule has 0 aliphatic carbocycles. The molecular formula is C28H27Cl2N5O4. The normalized spacial score (nSPS) is 18.1. The Balaban J connectivity index is 1.66. The molecule has 0 unspecified atom stereocenters. The topological polar surface area (TPSA) is 129 Å². The number of aliphatic hydroxyl groups excluding tert-OH is 1. The molecule has 0 bridgehead atoms. The third-order valence-electron chi connectivity index (χ3n) is 6.39. The van der Waals surface area contributed by atoms with E-state index in [9.17, 15) is 4.79 Å². The van der Waals surface area contributed by atoms with Crippen LogP contribution in [0.4, 0.5) is 5.69 Å². The molecule has 1 aliphatic rings. The Morgan fingerprint density at radius 2 is 1.95 bits per heavy atom. The fourth-order valence-corrected chi connectivity index (χ4v) is 4.71. The zero-order valence-electron chi connectivity index (χ0n) is 21.2. The largest absolute Gasteiger partial charge is 0.494 e. The van der Waals surface area contributed by atoms with Crippen molar-refractivity contribution in [1.29, 1.82) is 0 Å². The zero-order chi connectivity index (χ0) is 27.8. The molecule has 202 valence electrons. The van der Waals surface area contributed by atoms with Crippen molar-refractivity contribution in [1.82, 2.24) is 5.32 Å². The van der Waals surface area contributed by atoms with Crippen LogP contribution in [-0.4, -0.2) is 41.8 Å². The molecule has 0 aromatic heterocycles. The highest BCUT2D eigenvalue weighted by Crippen LogP contribution is 2.35. The molecule has 9 nitrogen and oxygen atoms in total. The molecule has 3 aromatic carbocycles. The van der Waals surface area contributed by atoms with Crippen molar-refractivity contribution in [2.24, 2.45) is 10.1 Å². The number of ether oxygens (including phenoxy) is 2. The van der Waals surface area contributed by atoms with Crippen LogP contribution in [0, 0.1) is 0 Å². The molecule has 0 saturated heterocycles. The number of rotatable bonds is 11. The average Bonchev–Trinajstić information content (AvgIpc) is 3.26. The van der Waals surface area contributed by atoms with E-state index in [0.717, 1.165) is 0 Å². The number of nitrogens with zero attached hydrogens (tertiary/aromatic N) is 4. The van der Waals surface area contributed by atoms with Crippen molar-refractivity contribution >= 4 is 40.7 Å². The molecule has 4 rings (SSSR count). The molecule has 1 heterocycles. The summed E-state index contributed by atoms with van der Waals surface area (Å²) in [7, 11) is 0. The maximum absolute atomic E-state index is 13.9. The number of hydrogen-bond acceptors (Lipinski definition) is 6. The van der Waals surface area contributed by atoms with Gasteiger partial charge in [-0.25, -0.2) is 4.99 Å². The fraction of sp³-hybridized carbons (Fsp3) is 0.286. The van der Waals surface area contributed by atoms with Crippen molar-refractivity contribution in [2.75, 3.05) is 13.2 Å². The number of benzene rings is 3. The van der Waals surface area contributed by atoms with Crippen LogP contribution in [-0.2, 0) is 22.5 Å². The van der Waals surface area contributed by atoms with Crippen LogP contribution in [0.3, 0.4) is 0 Å². The third-order valence-corrected chi connectivity index (χ3v) is 6.97. The van der Waals surface area contributed by atoms with Gasteiger partial charge in [0, 0.05) is 52.2 Å². The highest BCUT2D eigenvalue weighted by molar-refractivity contribution is 6.35. The lowest BCUT2D eigenvalue weighted by Gasteiger charge is -2.29. The van der Waals surface area contributed by atoms with Crippen LogP contribution in [0.2, 0.25) is 10.0 Å². The standard InChI is InChI=1S/C28H27Cl2N5O4/c1-18-28(16-20-5-2-3-6-25(20)34-35-31,27(37)32-17-21-7-10-22(29)15-24(21)30)33-26(39-18)19-8-11-23(12-9-19)38-14-4-13-36/h2-3,5-12,15,18,36H,4,13-14,16-17H2,1H3,(H,32,37)/t18-,28-/m1/s1. The highest BCUT2D eigenvalue weighted by atomic mass is 35.5. The molecule has 2 atom stereocenters. The Labute approximate surface area is 236 Å². The van der Waals surface area contributed by atoms with Gasteiger partial charge in [-0.05, 0) is 60.0 Å². The van der Waals surface area contributed by atoms with Crippen molar-refractivity contribution < 1.29 is 19.4 Å². The second kappa shape index (κ2) is 12.9. The summed E-state index contributed by atoms with van der Waals surface area (Å²) < 4.78 is 11.8. The first-order valence-electron chi connectivity index (χ1n) is 12.3. The number of amides is 1. The Hall–Kier alpha value is -3.75. The number of nitrogens with one attached hydrogen (secondary N) is 1. The van der Waals surface area contributed by atoms with E-state index in [1.54, 1.807) is 67.6 Å². The zero-order valence-corrected chi connectivity index (χ0v) is 22.7. The number of carbonyl (C=O) groups is 1. The van der Waals surface area contributed by atoms with Gasteiger partial charge in [0.1, 0.15) is 11.9 Å². The molecule has 3 aromatic rings. The van der Waals surface area contributed by atoms with Gasteiger partial charge in [0.05, 0.1) is 6.61 Å². The minimum absolute atomic E-state index is 0.0534. The monoisotopic (exact) mass is 567 g/mol. The van der Waals surface area contributed by atoms with Gasteiger partial charge in [-0.2, -0.15) is 0 Å². The predicted molar refractivity (Wildman–Crippen MR) is 151 cm³/mol. The summed E-state index contributed by atoms with van der Waals surface area (Å²) in [6.07, 6.45) is 0.0218. The molecule has 2 N–H and O–H groups in total. The van der Waals surface area contributed by atoms with Crippen LogP contribution in [0.5, 0.6) is 5.75 Å². The second-order valence-corrected chi connectivity index (χ2v) is 9.81. The SMILES string of the molecule is C[C@H]1OC(c2ccc(OCCCO)cc2)=N[C@@]1(Cc1ccccc1N=[N+]=[N-])C(=O)NCc1ccc(Cl)cc1Cl. The van der Waals surface area contributed by atoms with Crippen LogP contribution >= 0.6 is 23.2 Å². The quantitative estimate of drug-likeness (QED) is 0.124. The number of hydrogen-bond donors (Lipinski definition) is 2. The first-order chi connectivity index (χ1) is 18.9. The Bertz CT molecular complexity index is 1410. The molecule has 39 heavy (non-hydrogen) atoms. The van der Waals surface area contributed by atoms with Gasteiger partial charge in [0.15, 0.2) is 5.54 Å². The number of halogens is 2. The fourth-order valence-electron chi connectivity index (χ4n) is 4.23. The molecule has 1 aliphatic heterocycles. The summed E-state index contributed by atoms with van der Waals surface area (Å²) in [6, 6.07) is 19.3. The van der Waals surface area contributed by atoms with Crippen molar-refractivity contribution in [3.63, 3.8) is 0 Å². The lowest BCUT2D eigenvalue weighted by molar-refractivity contribution is -0.128. The van der Waals surface area contributed by atoms with Crippen molar-refractivity contribution in [3.8, 4) is 5.75 Å². The molecule has 11 heteroatoms. The van der Waals surface area contributed by atoms with Gasteiger partial charge in [-0.3, -0.25) is 4.79 Å². The highest BCUT2D eigenvalue weighted by Gasteiger charge is 2.50. The molecule has 0 fully saturated rings. The van der Waals surface area contributed by atoms with E-state index in [0.29, 0.717) is 57.1 Å². The van der Waals surface area contributed by atoms with Crippen molar-refractivity contribution in [3.05, 3.63) is 104 Å². The Morgan fingerprint density at radius 3 is 2.67 bits per heavy atom. The number of carbonyl (C=O) groups excluding carboxylic acids is 1. The summed E-state index contributed by atoms with van der Waals surface area (Å²) in [4.78, 5) is 21.6. The third kappa shape index (κ3) is 6.64. The average molecular weight is 568 g/mol. The summed E-state index contributed by atoms with van der Waals surface area (Å²) in [6.45, 7) is 2.40. The van der Waals surface area contributed by atoms with Crippen LogP contribution in [0.1, 0.15) is 30.0 Å². The van der Waals surface area contributed by atoms with E-state index in [2.05, 4.69) is 15.3 Å². The number of aliphatic imine (C=N–C) groups is 1. The Morgan fingerprint density at radius 1 is 1.18 bits per heavy atom. The van der Waals surface area contributed by atoms with E-state index < -0.39 is 11.6 Å². The van der Waals surface area contributed by atoms with Gasteiger partial charge < -0.3 is 19.9 Å². The number of aliphatic hydroxyl groups is 1. The Kier molecular flexibility index (Phi) is 9.32.